The Balaban J connectivity index is 1.59. The molecule has 1 aromatic carbocycles. The number of imidazole rings is 1. The molecule has 208 valence electrons. The normalized spacial score (nSPS) is 22.4. The van der Waals surface area contributed by atoms with E-state index in [1.165, 1.54) is 17.2 Å². The van der Waals surface area contributed by atoms with Crippen LogP contribution in [0.25, 0.3) is 16.0 Å². The number of nitrogens with zero attached hydrogens (tertiary/aromatic N) is 6. The van der Waals surface area contributed by atoms with E-state index in [0.29, 0.717) is 5.56 Å². The van der Waals surface area contributed by atoms with Gasteiger partial charge in [-0.05, 0) is 46.7 Å². The van der Waals surface area contributed by atoms with Crippen LogP contribution in [0.2, 0.25) is 0 Å². The molecule has 1 saturated heterocycles. The van der Waals surface area contributed by atoms with E-state index in [2.05, 4.69) is 25.1 Å². The summed E-state index contributed by atoms with van der Waals surface area (Å²) in [5.74, 6) is -0.193. The molecule has 0 bridgehead atoms. The molecule has 1 aliphatic heterocycles. The standard InChI is InChI=1S/C26H33FN7O4P/c1-16(2)34(17(3)4)39(36-13-12-28-6)38-22-18(5)37-26(20(22)27)33-15-31-21-23(29-14-30-24(21)33)32-25(35)19-10-8-7-9-11-19/h7-11,14-18,20,22,26H,12-13H2,1-5H3,(H,29,30,32,35)/t18-,20+,22?,26-,39?/m1/s1/i5D. The van der Waals surface area contributed by atoms with Gasteiger partial charge in [0.05, 0.1) is 12.4 Å². The van der Waals surface area contributed by atoms with Gasteiger partial charge in [0.2, 0.25) is 6.54 Å². The summed E-state index contributed by atoms with van der Waals surface area (Å²) in [5.41, 5.74) is 0.976. The van der Waals surface area contributed by atoms with Crippen LogP contribution in [0.5, 0.6) is 0 Å². The Labute approximate surface area is 229 Å². The first kappa shape index (κ1) is 27.5. The van der Waals surface area contributed by atoms with Crippen molar-refractivity contribution in [1.82, 2.24) is 24.2 Å². The third-order valence-electron chi connectivity index (χ3n) is 6.03. The number of carbonyl (C=O) groups excluding carboxylic acids is 1. The third kappa shape index (κ3) is 6.40. The fraction of sp³-hybridized carbons (Fsp3) is 0.500. The van der Waals surface area contributed by atoms with Gasteiger partial charge in [0.25, 0.3) is 14.4 Å². The van der Waals surface area contributed by atoms with Gasteiger partial charge in [0, 0.05) is 19.0 Å². The first-order valence-corrected chi connectivity index (χ1v) is 13.7. The number of halogens is 1. The number of nitrogens with one attached hydrogen (secondary N) is 1. The van der Waals surface area contributed by atoms with Gasteiger partial charge in [-0.25, -0.2) is 30.6 Å². The van der Waals surface area contributed by atoms with Gasteiger partial charge < -0.3 is 23.9 Å². The zero-order chi connectivity index (χ0) is 28.8. The van der Waals surface area contributed by atoms with Gasteiger partial charge in [0.1, 0.15) is 19.0 Å². The van der Waals surface area contributed by atoms with E-state index in [9.17, 15) is 4.79 Å². The molecule has 1 N–H and O–H groups in total. The summed E-state index contributed by atoms with van der Waals surface area (Å²) < 4.78 is 45.7. The summed E-state index contributed by atoms with van der Waals surface area (Å²) in [6.07, 6.45) is -2.20. The van der Waals surface area contributed by atoms with E-state index in [1.54, 1.807) is 24.3 Å². The molecule has 2 unspecified atom stereocenters. The fourth-order valence-electron chi connectivity index (χ4n) is 4.34. The lowest BCUT2D eigenvalue weighted by Crippen LogP contribution is -2.37. The van der Waals surface area contributed by atoms with Crippen molar-refractivity contribution in [2.75, 3.05) is 18.5 Å². The molecule has 3 heterocycles. The maximum Gasteiger partial charge on any atom is 0.259 e. The minimum atomic E-state index is -1.74. The molecule has 0 spiro atoms. The van der Waals surface area contributed by atoms with Crippen LogP contribution in [0.1, 0.15) is 52.6 Å². The van der Waals surface area contributed by atoms with Crippen LogP contribution in [-0.4, -0.2) is 73.7 Å². The van der Waals surface area contributed by atoms with Crippen LogP contribution in [0.15, 0.2) is 43.0 Å². The van der Waals surface area contributed by atoms with Gasteiger partial charge in [-0.3, -0.25) is 9.36 Å². The predicted molar refractivity (Wildman–Crippen MR) is 146 cm³/mol. The maximum atomic E-state index is 16.1. The lowest BCUT2D eigenvalue weighted by atomic mass is 10.2. The number of anilines is 1. The number of ether oxygens (including phenoxy) is 1. The Morgan fingerprint density at radius 3 is 2.69 bits per heavy atom. The zero-order valence-corrected chi connectivity index (χ0v) is 23.2. The molecule has 1 aliphatic rings. The zero-order valence-electron chi connectivity index (χ0n) is 23.3. The lowest BCUT2D eigenvalue weighted by Gasteiger charge is -2.37. The summed E-state index contributed by atoms with van der Waals surface area (Å²) in [7, 11) is -1.74. The summed E-state index contributed by atoms with van der Waals surface area (Å²) >= 11 is 0. The highest BCUT2D eigenvalue weighted by Gasteiger charge is 2.48. The monoisotopic (exact) mass is 558 g/mol. The Morgan fingerprint density at radius 2 is 2.03 bits per heavy atom. The number of rotatable bonds is 11. The van der Waals surface area contributed by atoms with E-state index >= 15 is 4.39 Å². The van der Waals surface area contributed by atoms with Crippen molar-refractivity contribution in [2.24, 2.45) is 0 Å². The van der Waals surface area contributed by atoms with Crippen molar-refractivity contribution < 1.29 is 24.3 Å². The van der Waals surface area contributed by atoms with Crippen LogP contribution in [0.3, 0.4) is 0 Å². The SMILES string of the molecule is [2H]C[C@H]1O[C@@H](n2cnc3c(NC(=O)c4ccccc4)ncnc32)[C@@H](F)C1OP(OCC[N+]#[C-])N(C(C)C)C(C)C. The van der Waals surface area contributed by atoms with Crippen molar-refractivity contribution in [3.63, 3.8) is 0 Å². The second-order valence-corrected chi connectivity index (χ2v) is 10.9. The number of benzene rings is 1. The van der Waals surface area contributed by atoms with Gasteiger partial charge in [-0.15, -0.1) is 0 Å². The fourth-order valence-corrected chi connectivity index (χ4v) is 6.09. The largest absolute Gasteiger partial charge is 0.349 e. The van der Waals surface area contributed by atoms with Crippen molar-refractivity contribution >= 4 is 31.4 Å². The van der Waals surface area contributed by atoms with E-state index < -0.39 is 33.1 Å². The Morgan fingerprint density at radius 1 is 1.28 bits per heavy atom. The van der Waals surface area contributed by atoms with Crippen molar-refractivity contribution in [3.8, 4) is 0 Å². The first-order valence-electron chi connectivity index (χ1n) is 13.3. The van der Waals surface area contributed by atoms with Gasteiger partial charge in [-0.2, -0.15) is 0 Å². The highest BCUT2D eigenvalue weighted by Crippen LogP contribution is 2.50. The summed E-state index contributed by atoms with van der Waals surface area (Å²) in [5, 5.41) is 2.73. The summed E-state index contributed by atoms with van der Waals surface area (Å²) in [6.45, 7) is 15.1. The van der Waals surface area contributed by atoms with Crippen LogP contribution in [0.4, 0.5) is 10.2 Å². The van der Waals surface area contributed by atoms with Crippen LogP contribution in [-0.2, 0) is 13.8 Å². The average Bonchev–Trinajstić information content (AvgIpc) is 3.50. The molecule has 0 radical (unpaired) electrons. The highest BCUT2D eigenvalue weighted by atomic mass is 31.2. The topological polar surface area (TPSA) is 108 Å². The quantitative estimate of drug-likeness (QED) is 0.199. The predicted octanol–water partition coefficient (Wildman–Crippen LogP) is 5.00. The van der Waals surface area contributed by atoms with Gasteiger partial charge in [0.15, 0.2) is 29.4 Å². The molecule has 4 rings (SSSR count). The second-order valence-electron chi connectivity index (χ2n) is 9.47. The van der Waals surface area contributed by atoms with E-state index in [0.717, 1.165) is 0 Å². The number of aromatic nitrogens is 4. The molecule has 2 aromatic heterocycles. The van der Waals surface area contributed by atoms with E-state index in [4.69, 9.17) is 21.7 Å². The van der Waals surface area contributed by atoms with Crippen LogP contribution < -0.4 is 5.32 Å². The summed E-state index contributed by atoms with van der Waals surface area (Å²) in [4.78, 5) is 28.8. The number of fused-ring (bicyclic) bond motifs is 1. The number of hydrogen-bond donors (Lipinski definition) is 1. The van der Waals surface area contributed by atoms with Gasteiger partial charge in [-0.1, -0.05) is 18.2 Å². The smallest absolute Gasteiger partial charge is 0.259 e. The molecule has 1 amide bonds. The molecular formula is C26H33FN7O4P. The Bertz CT molecular complexity index is 1320. The van der Waals surface area contributed by atoms with Crippen molar-refractivity contribution in [1.29, 1.82) is 0 Å². The summed E-state index contributed by atoms with van der Waals surface area (Å²) in [6, 6.07) is 8.72. The molecule has 3 aromatic rings. The van der Waals surface area contributed by atoms with Crippen LogP contribution >= 0.6 is 8.53 Å². The molecule has 5 atom stereocenters. The highest BCUT2D eigenvalue weighted by molar-refractivity contribution is 7.44. The third-order valence-corrected chi connectivity index (χ3v) is 8.16. The minimum Gasteiger partial charge on any atom is -0.349 e. The van der Waals surface area contributed by atoms with E-state index in [-0.39, 0.29) is 55.0 Å². The minimum absolute atomic E-state index is 0.0310. The number of carbonyl (C=O) groups is 1. The maximum absolute atomic E-state index is 16.1. The number of alkyl halides is 1. The molecule has 1 fully saturated rings. The van der Waals surface area contributed by atoms with Gasteiger partial charge >= 0.3 is 0 Å². The Kier molecular flexibility index (Phi) is 9.06. The molecule has 11 nitrogen and oxygen atoms in total. The second kappa shape index (κ2) is 12.9. The van der Waals surface area contributed by atoms with Crippen molar-refractivity contribution in [2.45, 2.75) is 71.3 Å². The average molecular weight is 559 g/mol. The number of amides is 1. The van der Waals surface area contributed by atoms with Crippen LogP contribution in [0, 0.1) is 6.57 Å². The van der Waals surface area contributed by atoms with E-state index in [1.807, 2.05) is 38.4 Å². The molecule has 0 saturated carbocycles. The molecule has 0 aliphatic carbocycles. The Hall–Kier alpha value is -3.07. The first-order chi connectivity index (χ1) is 19.3. The number of hydrogen-bond acceptors (Lipinski definition) is 8. The molecular weight excluding hydrogens is 524 g/mol. The van der Waals surface area contributed by atoms with Crippen molar-refractivity contribution in [3.05, 3.63) is 60.0 Å². The lowest BCUT2D eigenvalue weighted by molar-refractivity contribution is -0.0132. The molecule has 39 heavy (non-hydrogen) atoms. The molecule has 13 heteroatoms.